The van der Waals surface area contributed by atoms with Gasteiger partial charge in [0.2, 0.25) is 0 Å². The van der Waals surface area contributed by atoms with Crippen molar-refractivity contribution in [3.8, 4) is 0 Å². The van der Waals surface area contributed by atoms with Crippen LogP contribution in [0.2, 0.25) is 0 Å². The van der Waals surface area contributed by atoms with Crippen molar-refractivity contribution in [2.45, 2.75) is 112 Å². The normalized spacial score (nSPS) is 46.9. The van der Waals surface area contributed by atoms with Gasteiger partial charge in [-0.1, -0.05) is 66.5 Å². The maximum atomic E-state index is 2.73. The van der Waals surface area contributed by atoms with Crippen LogP contribution in [0.25, 0.3) is 0 Å². The highest BCUT2D eigenvalue weighted by atomic mass is 14.6. The van der Waals surface area contributed by atoms with Crippen LogP contribution in [0.4, 0.5) is 0 Å². The van der Waals surface area contributed by atoms with E-state index in [0.29, 0.717) is 10.8 Å². The van der Waals surface area contributed by atoms with Crippen LogP contribution in [0.1, 0.15) is 112 Å². The second kappa shape index (κ2) is 8.35. The van der Waals surface area contributed by atoms with Gasteiger partial charge >= 0.3 is 0 Å². The maximum Gasteiger partial charge on any atom is -0.0213 e. The van der Waals surface area contributed by atoms with Crippen molar-refractivity contribution in [1.82, 2.24) is 0 Å². The zero-order valence-corrected chi connectivity index (χ0v) is 20.6. The zero-order chi connectivity index (χ0) is 20.8. The predicted molar refractivity (Wildman–Crippen MR) is 127 cm³/mol. The molecular formula is C29H50. The van der Waals surface area contributed by atoms with Gasteiger partial charge in [0.25, 0.3) is 0 Å². The largest absolute Gasteiger partial charge is 0.0851 e. The molecule has 0 saturated heterocycles. The van der Waals surface area contributed by atoms with Gasteiger partial charge in [0.05, 0.1) is 0 Å². The Morgan fingerprint density at radius 3 is 2.28 bits per heavy atom. The van der Waals surface area contributed by atoms with Gasteiger partial charge in [-0.2, -0.15) is 0 Å². The molecule has 166 valence electrons. The lowest BCUT2D eigenvalue weighted by Crippen LogP contribution is -2.53. The summed E-state index contributed by atoms with van der Waals surface area (Å²) in [7, 11) is 0. The quantitative estimate of drug-likeness (QED) is 0.405. The lowest BCUT2D eigenvalue weighted by molar-refractivity contribution is -0.112. The molecule has 0 amide bonds. The molecule has 0 aromatic rings. The number of fused-ring (bicyclic) bond motifs is 5. The van der Waals surface area contributed by atoms with Crippen LogP contribution in [0, 0.1) is 58.2 Å². The summed E-state index contributed by atoms with van der Waals surface area (Å²) in [4.78, 5) is 0. The van der Waals surface area contributed by atoms with Crippen molar-refractivity contribution in [2.75, 3.05) is 0 Å². The Kier molecular flexibility index (Phi) is 6.32. The SMILES string of the molecule is CC[C@H](/C=C/[C@H](C)[C@H]1CC[C@@H]2[C@@H]3CC[C@@H]4CCCC[C@]4(C)[C@@H]3CC[C@@]21C)C(C)C. The Labute approximate surface area is 182 Å². The average molecular weight is 399 g/mol. The van der Waals surface area contributed by atoms with E-state index in [1.165, 1.54) is 38.5 Å². The second-order valence-electron chi connectivity index (χ2n) is 12.7. The molecule has 9 atom stereocenters. The van der Waals surface area contributed by atoms with Crippen molar-refractivity contribution < 1.29 is 0 Å². The van der Waals surface area contributed by atoms with Crippen molar-refractivity contribution >= 4 is 0 Å². The van der Waals surface area contributed by atoms with Crippen molar-refractivity contribution in [3.63, 3.8) is 0 Å². The molecule has 4 aliphatic rings. The number of hydrogen-bond donors (Lipinski definition) is 0. The third-order valence-electron chi connectivity index (χ3n) is 11.3. The zero-order valence-electron chi connectivity index (χ0n) is 20.6. The lowest BCUT2D eigenvalue weighted by atomic mass is 9.44. The molecule has 0 nitrogen and oxygen atoms in total. The van der Waals surface area contributed by atoms with Crippen molar-refractivity contribution in [3.05, 3.63) is 12.2 Å². The fourth-order valence-electron chi connectivity index (χ4n) is 9.48. The van der Waals surface area contributed by atoms with Gasteiger partial charge in [0.15, 0.2) is 0 Å². The molecule has 0 N–H and O–H groups in total. The summed E-state index contributed by atoms with van der Waals surface area (Å²) in [5, 5.41) is 0. The smallest absolute Gasteiger partial charge is 0.0213 e. The monoisotopic (exact) mass is 398 g/mol. The van der Waals surface area contributed by atoms with Gasteiger partial charge in [0.1, 0.15) is 0 Å². The predicted octanol–water partition coefficient (Wildman–Crippen LogP) is 8.91. The van der Waals surface area contributed by atoms with Gasteiger partial charge in [-0.05, 0) is 116 Å². The van der Waals surface area contributed by atoms with Gasteiger partial charge in [-0.15, -0.1) is 0 Å². The Bertz CT molecular complexity index is 587. The number of allylic oxidation sites excluding steroid dienone is 2. The molecule has 4 fully saturated rings. The topological polar surface area (TPSA) is 0 Å². The van der Waals surface area contributed by atoms with E-state index >= 15 is 0 Å². The molecule has 4 saturated carbocycles. The fraction of sp³-hybridized carbons (Fsp3) is 0.931. The Morgan fingerprint density at radius 1 is 0.793 bits per heavy atom. The molecule has 0 bridgehead atoms. The van der Waals surface area contributed by atoms with Crippen LogP contribution in [0.3, 0.4) is 0 Å². The molecule has 0 aliphatic heterocycles. The van der Waals surface area contributed by atoms with Gasteiger partial charge < -0.3 is 0 Å². The first kappa shape index (κ1) is 22.0. The third kappa shape index (κ3) is 3.67. The van der Waals surface area contributed by atoms with Crippen LogP contribution in [0.5, 0.6) is 0 Å². The minimum absolute atomic E-state index is 0.613. The van der Waals surface area contributed by atoms with E-state index in [1.54, 1.807) is 32.1 Å². The number of hydrogen-bond acceptors (Lipinski definition) is 0. The Hall–Kier alpha value is -0.260. The van der Waals surface area contributed by atoms with E-state index in [2.05, 4.69) is 53.7 Å². The standard InChI is InChI=1S/C29H50/c1-7-22(20(2)3)12-11-21(4)25-15-16-26-24-14-13-23-10-8-9-18-28(23,5)27(24)17-19-29(25,26)6/h11-12,20-27H,7-10,13-19H2,1-6H3/b12-11+/t21-,22+,23-,24-,25+,26+,27+,28-,29+/m0/s1. The summed E-state index contributed by atoms with van der Waals surface area (Å²) in [5.41, 5.74) is 1.31. The summed E-state index contributed by atoms with van der Waals surface area (Å²) >= 11 is 0. The molecule has 0 unspecified atom stereocenters. The molecule has 29 heavy (non-hydrogen) atoms. The molecule has 0 aromatic carbocycles. The van der Waals surface area contributed by atoms with Crippen LogP contribution in [-0.2, 0) is 0 Å². The molecule has 4 rings (SSSR count). The van der Waals surface area contributed by atoms with Crippen LogP contribution in [-0.4, -0.2) is 0 Å². The molecule has 4 aliphatic carbocycles. The first-order valence-corrected chi connectivity index (χ1v) is 13.5. The first-order valence-electron chi connectivity index (χ1n) is 13.5. The second-order valence-corrected chi connectivity index (χ2v) is 12.7. The summed E-state index contributed by atoms with van der Waals surface area (Å²) in [6, 6.07) is 0. The van der Waals surface area contributed by atoms with E-state index in [9.17, 15) is 0 Å². The molecule has 0 spiro atoms. The van der Waals surface area contributed by atoms with Crippen LogP contribution >= 0.6 is 0 Å². The minimum Gasteiger partial charge on any atom is -0.0851 e. The summed E-state index contributed by atoms with van der Waals surface area (Å²) in [6.07, 6.45) is 21.8. The molecule has 0 heteroatoms. The molecule has 0 radical (unpaired) electrons. The maximum absolute atomic E-state index is 2.73. The van der Waals surface area contributed by atoms with Crippen LogP contribution in [0.15, 0.2) is 12.2 Å². The van der Waals surface area contributed by atoms with Crippen molar-refractivity contribution in [2.24, 2.45) is 58.2 Å². The minimum atomic E-state index is 0.613. The highest BCUT2D eigenvalue weighted by Crippen LogP contribution is 2.68. The molecule has 0 aromatic heterocycles. The Balaban J connectivity index is 1.50. The van der Waals surface area contributed by atoms with E-state index in [0.717, 1.165) is 47.3 Å². The van der Waals surface area contributed by atoms with Gasteiger partial charge in [-0.25, -0.2) is 0 Å². The molecular weight excluding hydrogens is 348 g/mol. The summed E-state index contributed by atoms with van der Waals surface area (Å²) in [5.74, 6) is 7.40. The van der Waals surface area contributed by atoms with Crippen LogP contribution < -0.4 is 0 Å². The van der Waals surface area contributed by atoms with Crippen molar-refractivity contribution in [1.29, 1.82) is 0 Å². The lowest BCUT2D eigenvalue weighted by Gasteiger charge is -2.60. The molecule has 0 heterocycles. The highest BCUT2D eigenvalue weighted by molar-refractivity contribution is 5.11. The van der Waals surface area contributed by atoms with E-state index in [4.69, 9.17) is 0 Å². The third-order valence-corrected chi connectivity index (χ3v) is 11.3. The summed E-state index contributed by atoms with van der Waals surface area (Å²) < 4.78 is 0. The van der Waals surface area contributed by atoms with Gasteiger partial charge in [-0.3, -0.25) is 0 Å². The first-order chi connectivity index (χ1) is 13.8. The number of rotatable bonds is 5. The average Bonchev–Trinajstić information content (AvgIpc) is 3.05. The van der Waals surface area contributed by atoms with Gasteiger partial charge in [0, 0.05) is 0 Å². The Morgan fingerprint density at radius 2 is 1.55 bits per heavy atom. The van der Waals surface area contributed by atoms with E-state index < -0.39 is 0 Å². The summed E-state index contributed by atoms with van der Waals surface area (Å²) in [6.45, 7) is 15.1. The highest BCUT2D eigenvalue weighted by Gasteiger charge is 2.59. The van der Waals surface area contributed by atoms with E-state index in [-0.39, 0.29) is 0 Å². The fourth-order valence-corrected chi connectivity index (χ4v) is 9.48. The van der Waals surface area contributed by atoms with E-state index in [1.807, 2.05) is 0 Å².